The summed E-state index contributed by atoms with van der Waals surface area (Å²) >= 11 is 0. The van der Waals surface area contributed by atoms with Crippen molar-refractivity contribution in [2.24, 2.45) is 0 Å². The van der Waals surface area contributed by atoms with Gasteiger partial charge in [0.1, 0.15) is 0 Å². The van der Waals surface area contributed by atoms with Crippen LogP contribution in [0.1, 0.15) is 26.3 Å². The zero-order chi connectivity index (χ0) is 13.5. The van der Waals surface area contributed by atoms with Crippen molar-refractivity contribution in [3.05, 3.63) is 23.9 Å². The Balaban J connectivity index is 1.81. The molecule has 2 N–H and O–H groups in total. The first kappa shape index (κ1) is 12.4. The molecule has 4 heteroatoms. The van der Waals surface area contributed by atoms with Crippen LogP contribution in [0.5, 0.6) is 11.5 Å². The minimum Gasteiger partial charge on any atom is -0.454 e. The van der Waals surface area contributed by atoms with Crippen LogP contribution in [0.25, 0.3) is 10.9 Å². The molecular weight excluding hydrogens is 240 g/mol. The summed E-state index contributed by atoms with van der Waals surface area (Å²) in [6, 6.07) is 4.08. The zero-order valence-corrected chi connectivity index (χ0v) is 11.7. The molecule has 1 aromatic carbocycles. The summed E-state index contributed by atoms with van der Waals surface area (Å²) < 4.78 is 10.8. The number of rotatable bonds is 3. The monoisotopic (exact) mass is 260 g/mol. The van der Waals surface area contributed by atoms with Gasteiger partial charge in [0.2, 0.25) is 6.79 Å². The maximum atomic E-state index is 5.44. The molecule has 0 aliphatic carbocycles. The number of hydrogen-bond donors (Lipinski definition) is 2. The fourth-order valence-corrected chi connectivity index (χ4v) is 2.35. The van der Waals surface area contributed by atoms with Crippen LogP contribution in [0.15, 0.2) is 18.3 Å². The lowest BCUT2D eigenvalue weighted by Gasteiger charge is -2.20. The molecule has 19 heavy (non-hydrogen) atoms. The molecule has 0 bridgehead atoms. The molecule has 0 saturated carbocycles. The van der Waals surface area contributed by atoms with Gasteiger partial charge in [-0.05, 0) is 45.4 Å². The van der Waals surface area contributed by atoms with Crippen molar-refractivity contribution in [1.29, 1.82) is 0 Å². The highest BCUT2D eigenvalue weighted by atomic mass is 16.7. The summed E-state index contributed by atoms with van der Waals surface area (Å²) in [4.78, 5) is 3.30. The third-order valence-corrected chi connectivity index (χ3v) is 3.31. The minimum absolute atomic E-state index is 0.157. The molecule has 0 fully saturated rings. The molecule has 4 nitrogen and oxygen atoms in total. The van der Waals surface area contributed by atoms with Crippen LogP contribution in [0.4, 0.5) is 0 Å². The van der Waals surface area contributed by atoms with Crippen molar-refractivity contribution >= 4 is 10.9 Å². The molecule has 0 atom stereocenters. The molecule has 0 unspecified atom stereocenters. The number of aromatic amines is 1. The molecule has 1 aliphatic rings. The lowest BCUT2D eigenvalue weighted by molar-refractivity contribution is 0.174. The largest absolute Gasteiger partial charge is 0.454 e. The van der Waals surface area contributed by atoms with Crippen LogP contribution in [-0.2, 0) is 6.42 Å². The van der Waals surface area contributed by atoms with Crippen LogP contribution >= 0.6 is 0 Å². The molecule has 0 spiro atoms. The van der Waals surface area contributed by atoms with Gasteiger partial charge >= 0.3 is 0 Å². The first-order valence-electron chi connectivity index (χ1n) is 6.67. The molecule has 1 aliphatic heterocycles. The smallest absolute Gasteiger partial charge is 0.231 e. The Morgan fingerprint density at radius 3 is 2.68 bits per heavy atom. The molecule has 0 saturated heterocycles. The number of aromatic nitrogens is 1. The quantitative estimate of drug-likeness (QED) is 0.892. The van der Waals surface area contributed by atoms with Crippen LogP contribution in [0.3, 0.4) is 0 Å². The van der Waals surface area contributed by atoms with E-state index in [-0.39, 0.29) is 5.54 Å². The van der Waals surface area contributed by atoms with Crippen molar-refractivity contribution < 1.29 is 9.47 Å². The molecule has 2 heterocycles. The summed E-state index contributed by atoms with van der Waals surface area (Å²) in [6.07, 6.45) is 3.07. The van der Waals surface area contributed by atoms with Crippen LogP contribution < -0.4 is 14.8 Å². The fourth-order valence-electron chi connectivity index (χ4n) is 2.35. The maximum Gasteiger partial charge on any atom is 0.231 e. The van der Waals surface area contributed by atoms with Gasteiger partial charge in [0.25, 0.3) is 0 Å². The third kappa shape index (κ3) is 2.54. The second-order valence-electron chi connectivity index (χ2n) is 5.99. The van der Waals surface area contributed by atoms with E-state index in [0.29, 0.717) is 6.79 Å². The predicted octanol–water partition coefficient (Wildman–Crippen LogP) is 2.83. The first-order valence-corrected chi connectivity index (χ1v) is 6.67. The van der Waals surface area contributed by atoms with E-state index in [1.165, 1.54) is 10.9 Å². The average molecular weight is 260 g/mol. The number of hydrogen-bond acceptors (Lipinski definition) is 3. The van der Waals surface area contributed by atoms with Gasteiger partial charge in [-0.1, -0.05) is 0 Å². The summed E-state index contributed by atoms with van der Waals surface area (Å²) in [5, 5.41) is 4.73. The van der Waals surface area contributed by atoms with Crippen molar-refractivity contribution in [3.63, 3.8) is 0 Å². The molecule has 0 radical (unpaired) electrons. The number of ether oxygens (including phenoxy) is 2. The lowest BCUT2D eigenvalue weighted by atomic mass is 10.1. The van der Waals surface area contributed by atoms with Crippen molar-refractivity contribution in [3.8, 4) is 11.5 Å². The van der Waals surface area contributed by atoms with Gasteiger partial charge in [0.15, 0.2) is 11.5 Å². The molecule has 102 valence electrons. The van der Waals surface area contributed by atoms with Crippen molar-refractivity contribution in [2.75, 3.05) is 13.3 Å². The van der Waals surface area contributed by atoms with E-state index in [2.05, 4.69) is 43.3 Å². The van der Waals surface area contributed by atoms with Gasteiger partial charge in [-0.3, -0.25) is 0 Å². The van der Waals surface area contributed by atoms with E-state index in [9.17, 15) is 0 Å². The van der Waals surface area contributed by atoms with E-state index in [1.54, 1.807) is 0 Å². The first-order chi connectivity index (χ1) is 9.03. The molecule has 2 aromatic rings. The highest BCUT2D eigenvalue weighted by Crippen LogP contribution is 2.36. The Bertz CT molecular complexity index is 596. The SMILES string of the molecule is CC(C)(C)NCCc1c[nH]c2cc3c(cc12)OCO3. The van der Waals surface area contributed by atoms with Crippen LogP contribution in [-0.4, -0.2) is 23.9 Å². The van der Waals surface area contributed by atoms with Crippen molar-refractivity contribution in [2.45, 2.75) is 32.7 Å². The molecule has 3 rings (SSSR count). The van der Waals surface area contributed by atoms with Gasteiger partial charge in [0, 0.05) is 28.7 Å². The summed E-state index contributed by atoms with van der Waals surface area (Å²) in [7, 11) is 0. The van der Waals surface area contributed by atoms with E-state index >= 15 is 0 Å². The zero-order valence-electron chi connectivity index (χ0n) is 11.7. The Morgan fingerprint density at radius 2 is 1.95 bits per heavy atom. The number of H-pyrrole nitrogens is 1. The van der Waals surface area contributed by atoms with E-state index < -0.39 is 0 Å². The van der Waals surface area contributed by atoms with Crippen LogP contribution in [0, 0.1) is 0 Å². The van der Waals surface area contributed by atoms with E-state index in [4.69, 9.17) is 9.47 Å². The molecule has 1 aromatic heterocycles. The van der Waals surface area contributed by atoms with Gasteiger partial charge in [-0.2, -0.15) is 0 Å². The lowest BCUT2D eigenvalue weighted by Crippen LogP contribution is -2.37. The second kappa shape index (κ2) is 4.46. The maximum absolute atomic E-state index is 5.44. The van der Waals surface area contributed by atoms with E-state index in [0.717, 1.165) is 30.0 Å². The third-order valence-electron chi connectivity index (χ3n) is 3.31. The minimum atomic E-state index is 0.157. The van der Waals surface area contributed by atoms with E-state index in [1.807, 2.05) is 6.07 Å². The molecular formula is C15H20N2O2. The van der Waals surface area contributed by atoms with Crippen LogP contribution in [0.2, 0.25) is 0 Å². The Kier molecular flexibility index (Phi) is 2.90. The topological polar surface area (TPSA) is 46.3 Å². The highest BCUT2D eigenvalue weighted by Gasteiger charge is 2.16. The Labute approximate surface area is 113 Å². The normalized spacial score (nSPS) is 14.3. The predicted molar refractivity (Wildman–Crippen MR) is 75.9 cm³/mol. The standard InChI is InChI=1S/C15H20N2O2/c1-15(2,3)17-5-4-10-8-16-12-7-14-13(6-11(10)12)18-9-19-14/h6-8,16-17H,4-5,9H2,1-3H3. The fraction of sp³-hybridized carbons (Fsp3) is 0.467. The highest BCUT2D eigenvalue weighted by molar-refractivity contribution is 5.86. The summed E-state index contributed by atoms with van der Waals surface area (Å²) in [5.74, 6) is 1.67. The average Bonchev–Trinajstić information content (AvgIpc) is 2.91. The van der Waals surface area contributed by atoms with Crippen molar-refractivity contribution in [1.82, 2.24) is 10.3 Å². The number of nitrogens with one attached hydrogen (secondary N) is 2. The van der Waals surface area contributed by atoms with Gasteiger partial charge in [-0.25, -0.2) is 0 Å². The Hall–Kier alpha value is -1.68. The Morgan fingerprint density at radius 1 is 1.21 bits per heavy atom. The second-order valence-corrected chi connectivity index (χ2v) is 5.99. The number of fused-ring (bicyclic) bond motifs is 2. The molecule has 0 amide bonds. The number of benzene rings is 1. The van der Waals surface area contributed by atoms with Gasteiger partial charge in [0.05, 0.1) is 0 Å². The summed E-state index contributed by atoms with van der Waals surface area (Å²) in [6.45, 7) is 7.83. The van der Waals surface area contributed by atoms with Gasteiger partial charge in [-0.15, -0.1) is 0 Å². The van der Waals surface area contributed by atoms with Gasteiger partial charge < -0.3 is 19.8 Å². The summed E-state index contributed by atoms with van der Waals surface area (Å²) in [5.41, 5.74) is 2.57.